The zero-order valence-electron chi connectivity index (χ0n) is 17.5. The summed E-state index contributed by atoms with van der Waals surface area (Å²) in [5, 5.41) is 10.4. The molecule has 0 amide bonds. The minimum atomic E-state index is -0.497. The Morgan fingerprint density at radius 2 is 1.96 bits per heavy atom. The zero-order chi connectivity index (χ0) is 20.3. The zero-order valence-corrected chi connectivity index (χ0v) is 17.5. The number of hydrogen-bond donors (Lipinski definition) is 1. The Morgan fingerprint density at radius 3 is 2.64 bits per heavy atom. The highest BCUT2D eigenvalue weighted by Crippen LogP contribution is 2.61. The highest BCUT2D eigenvalue weighted by Gasteiger charge is 2.55. The molecule has 0 spiro atoms. The van der Waals surface area contributed by atoms with Crippen LogP contribution >= 0.6 is 0 Å². The van der Waals surface area contributed by atoms with Crippen molar-refractivity contribution in [2.75, 3.05) is 6.61 Å². The van der Waals surface area contributed by atoms with E-state index in [1.807, 2.05) is 26.8 Å². The summed E-state index contributed by atoms with van der Waals surface area (Å²) in [7, 11) is 0. The molecule has 0 unspecified atom stereocenters. The molecule has 0 saturated heterocycles. The summed E-state index contributed by atoms with van der Waals surface area (Å²) in [4.78, 5) is 24.5. The summed E-state index contributed by atoms with van der Waals surface area (Å²) >= 11 is 0. The Labute approximate surface area is 167 Å². The van der Waals surface area contributed by atoms with Crippen molar-refractivity contribution in [3.63, 3.8) is 0 Å². The van der Waals surface area contributed by atoms with Crippen molar-refractivity contribution >= 4 is 11.8 Å². The normalized spacial score (nSPS) is 37.2. The van der Waals surface area contributed by atoms with E-state index >= 15 is 0 Å². The van der Waals surface area contributed by atoms with Crippen LogP contribution in [0.3, 0.4) is 0 Å². The fourth-order valence-electron chi connectivity index (χ4n) is 5.89. The number of ketones is 1. The maximum Gasteiger partial charge on any atom is 0.311 e. The molecule has 1 N–H and O–H groups in total. The topological polar surface area (TPSA) is 63.6 Å². The molecule has 0 bridgehead atoms. The van der Waals surface area contributed by atoms with Gasteiger partial charge in [-0.1, -0.05) is 24.6 Å². The van der Waals surface area contributed by atoms with Crippen LogP contribution in [-0.4, -0.2) is 29.6 Å². The van der Waals surface area contributed by atoms with Gasteiger partial charge >= 0.3 is 5.97 Å². The highest BCUT2D eigenvalue weighted by molar-refractivity contribution is 5.92. The lowest BCUT2D eigenvalue weighted by molar-refractivity contribution is -0.163. The van der Waals surface area contributed by atoms with Crippen molar-refractivity contribution < 1.29 is 19.4 Å². The number of aliphatic hydroxyl groups excluding tert-OH is 1. The molecule has 0 radical (unpaired) electrons. The third-order valence-electron chi connectivity index (χ3n) is 7.69. The number of esters is 1. The van der Waals surface area contributed by atoms with Gasteiger partial charge < -0.3 is 9.84 Å². The van der Waals surface area contributed by atoms with E-state index in [1.54, 1.807) is 6.08 Å². The third-order valence-corrected chi connectivity index (χ3v) is 7.69. The van der Waals surface area contributed by atoms with Gasteiger partial charge in [-0.25, -0.2) is 0 Å². The first-order valence-electron chi connectivity index (χ1n) is 10.6. The van der Waals surface area contributed by atoms with Crippen molar-refractivity contribution in [1.29, 1.82) is 0 Å². The van der Waals surface area contributed by atoms with E-state index in [1.165, 1.54) is 11.1 Å². The highest BCUT2D eigenvalue weighted by atomic mass is 16.5. The Balaban J connectivity index is 1.72. The minimum absolute atomic E-state index is 0.0778. The van der Waals surface area contributed by atoms with E-state index in [2.05, 4.69) is 13.0 Å². The number of fused-ring (bicyclic) bond motifs is 4. The summed E-state index contributed by atoms with van der Waals surface area (Å²) in [6.07, 6.45) is 10.8. The molecule has 0 aliphatic heterocycles. The molecular weight excluding hydrogens is 352 g/mol. The number of hydrogen-bond acceptors (Lipinski definition) is 4. The smallest absolute Gasteiger partial charge is 0.311 e. The lowest BCUT2D eigenvalue weighted by atomic mass is 9.54. The summed E-state index contributed by atoms with van der Waals surface area (Å²) in [6, 6.07) is 0. The van der Waals surface area contributed by atoms with Gasteiger partial charge in [-0.3, -0.25) is 9.59 Å². The Bertz CT molecular complexity index is 809. The van der Waals surface area contributed by atoms with Crippen molar-refractivity contribution in [2.45, 2.75) is 72.3 Å². The summed E-state index contributed by atoms with van der Waals surface area (Å²) in [5.41, 5.74) is 2.77. The van der Waals surface area contributed by atoms with Crippen molar-refractivity contribution in [2.24, 2.45) is 22.2 Å². The van der Waals surface area contributed by atoms with Crippen LogP contribution in [-0.2, 0) is 14.3 Å². The molecule has 1 fully saturated rings. The molecule has 4 rings (SSSR count). The van der Waals surface area contributed by atoms with Crippen molar-refractivity contribution in [3.05, 3.63) is 34.9 Å². The van der Waals surface area contributed by atoms with Gasteiger partial charge in [0, 0.05) is 17.3 Å². The summed E-state index contributed by atoms with van der Waals surface area (Å²) in [5.74, 6) is 0.284. The lowest BCUT2D eigenvalue weighted by Crippen LogP contribution is -2.46. The second-order valence-electron chi connectivity index (χ2n) is 10.3. The fraction of sp³-hybridized carbons (Fsp3) is 0.667. The van der Waals surface area contributed by atoms with E-state index < -0.39 is 5.41 Å². The molecule has 4 heteroatoms. The van der Waals surface area contributed by atoms with E-state index in [0.29, 0.717) is 6.42 Å². The predicted molar refractivity (Wildman–Crippen MR) is 107 cm³/mol. The number of carbonyl (C=O) groups is 2. The van der Waals surface area contributed by atoms with Crippen LogP contribution in [0.5, 0.6) is 0 Å². The Morgan fingerprint density at radius 1 is 1.21 bits per heavy atom. The molecule has 1 saturated carbocycles. The first kappa shape index (κ1) is 19.6. The summed E-state index contributed by atoms with van der Waals surface area (Å²) < 4.78 is 6.00. The molecule has 0 aromatic heterocycles. The average Bonchev–Trinajstić information content (AvgIpc) is 2.97. The first-order chi connectivity index (χ1) is 13.1. The minimum Gasteiger partial charge on any atom is -0.461 e. The fourth-order valence-corrected chi connectivity index (χ4v) is 5.89. The number of carbonyl (C=O) groups excluding carboxylic acids is 2. The van der Waals surface area contributed by atoms with Gasteiger partial charge in [-0.05, 0) is 76.0 Å². The molecule has 0 heterocycles. The van der Waals surface area contributed by atoms with Gasteiger partial charge in [-0.2, -0.15) is 0 Å². The lowest BCUT2D eigenvalue weighted by Gasteiger charge is -2.51. The maximum absolute atomic E-state index is 12.5. The number of rotatable bonds is 2. The molecule has 4 atom stereocenters. The maximum atomic E-state index is 12.5. The largest absolute Gasteiger partial charge is 0.461 e. The standard InChI is InChI=1S/C24H32O4/c1-22(2,3)21(27)28-20-8-7-18-17-6-5-15-13-16(26)9-12-24(15,14-25)19(17)10-11-23(18,20)4/h5-6,13,19-20,25H,7-12,14H2,1-4H3/t19-,20-,23-,24+/m0/s1. The Kier molecular flexibility index (Phi) is 4.50. The van der Waals surface area contributed by atoms with Crippen LogP contribution in [0.25, 0.3) is 0 Å². The average molecular weight is 385 g/mol. The van der Waals surface area contributed by atoms with Crippen LogP contribution in [0, 0.1) is 22.2 Å². The van der Waals surface area contributed by atoms with Gasteiger partial charge in [0.05, 0.1) is 12.0 Å². The second-order valence-corrected chi connectivity index (χ2v) is 10.3. The van der Waals surface area contributed by atoms with Crippen molar-refractivity contribution in [1.82, 2.24) is 0 Å². The molecule has 4 aliphatic rings. The quantitative estimate of drug-likeness (QED) is 0.722. The van der Waals surface area contributed by atoms with Gasteiger partial charge in [0.25, 0.3) is 0 Å². The Hall–Kier alpha value is -1.68. The number of allylic oxidation sites excluding steroid dienone is 4. The van der Waals surface area contributed by atoms with Gasteiger partial charge in [0.1, 0.15) is 6.10 Å². The van der Waals surface area contributed by atoms with E-state index in [9.17, 15) is 14.7 Å². The number of ether oxygens (including phenoxy) is 1. The number of aliphatic hydroxyl groups is 1. The van der Waals surface area contributed by atoms with Crippen molar-refractivity contribution in [3.8, 4) is 0 Å². The van der Waals surface area contributed by atoms with Gasteiger partial charge in [0.15, 0.2) is 5.78 Å². The van der Waals surface area contributed by atoms with Crippen LogP contribution in [0.4, 0.5) is 0 Å². The van der Waals surface area contributed by atoms with Gasteiger partial charge in [0.2, 0.25) is 0 Å². The molecule has 0 aromatic carbocycles. The van der Waals surface area contributed by atoms with Crippen LogP contribution in [0.2, 0.25) is 0 Å². The molecule has 4 nitrogen and oxygen atoms in total. The SMILES string of the molecule is CC(C)(C)C(=O)O[C@H]1CCC2=C3C=CC4=CC(=O)CC[C@]4(CO)[C@H]3CC[C@@]21C. The van der Waals surface area contributed by atoms with Crippen LogP contribution in [0.15, 0.2) is 34.9 Å². The molecular formula is C24H32O4. The summed E-state index contributed by atoms with van der Waals surface area (Å²) in [6.45, 7) is 8.02. The monoisotopic (exact) mass is 384 g/mol. The second kappa shape index (κ2) is 6.41. The predicted octanol–water partition coefficient (Wildman–Crippen LogP) is 4.29. The van der Waals surface area contributed by atoms with Gasteiger partial charge in [-0.15, -0.1) is 0 Å². The third kappa shape index (κ3) is 2.75. The molecule has 4 aliphatic carbocycles. The van der Waals surface area contributed by atoms with E-state index in [-0.39, 0.29) is 41.2 Å². The molecule has 0 aromatic rings. The first-order valence-corrected chi connectivity index (χ1v) is 10.6. The van der Waals surface area contributed by atoms with Crippen LogP contribution in [0.1, 0.15) is 66.2 Å². The van der Waals surface area contributed by atoms with E-state index in [0.717, 1.165) is 37.7 Å². The van der Waals surface area contributed by atoms with Crippen LogP contribution < -0.4 is 0 Å². The molecule has 152 valence electrons. The molecule has 28 heavy (non-hydrogen) atoms. The van der Waals surface area contributed by atoms with E-state index in [4.69, 9.17) is 4.74 Å².